The highest BCUT2D eigenvalue weighted by Crippen LogP contribution is 2.12. The van der Waals surface area contributed by atoms with E-state index in [0.29, 0.717) is 19.8 Å². The molecule has 0 saturated carbocycles. The van der Waals surface area contributed by atoms with Crippen molar-refractivity contribution in [3.8, 4) is 0 Å². The average molecular weight is 258 g/mol. The van der Waals surface area contributed by atoms with Crippen LogP contribution in [-0.2, 0) is 13.3 Å². The lowest BCUT2D eigenvalue weighted by atomic mass is 10.3. The molecular weight excluding hydrogens is 232 g/mol. The molecule has 0 aromatic heterocycles. The van der Waals surface area contributed by atoms with Gasteiger partial charge in [0.25, 0.3) is 0 Å². The Labute approximate surface area is 107 Å². The minimum absolute atomic E-state index is 0.606. The van der Waals surface area contributed by atoms with Crippen LogP contribution in [0, 0.1) is 0 Å². The van der Waals surface area contributed by atoms with Gasteiger partial charge in [-0.05, 0) is 32.9 Å². The van der Waals surface area contributed by atoms with Gasteiger partial charge in [-0.15, -0.1) is 0 Å². The second-order valence-corrected chi connectivity index (χ2v) is 5.89. The molecule has 0 fully saturated rings. The summed E-state index contributed by atoms with van der Waals surface area (Å²) in [6.45, 7) is 9.86. The molecule has 0 heterocycles. The maximum absolute atomic E-state index is 5.69. The third-order valence-corrected chi connectivity index (χ3v) is 4.71. The molecule has 0 aliphatic rings. The van der Waals surface area contributed by atoms with Gasteiger partial charge in [0.05, 0.1) is 0 Å². The molecule has 3 nitrogen and oxygen atoms in total. The van der Waals surface area contributed by atoms with Crippen molar-refractivity contribution in [1.29, 1.82) is 0 Å². The Bertz CT molecular complexity index is 210. The van der Waals surface area contributed by atoms with Crippen LogP contribution in [0.5, 0.6) is 0 Å². The predicted molar refractivity (Wildman–Crippen MR) is 73.8 cm³/mol. The predicted octanol–water partition coefficient (Wildman–Crippen LogP) is 3.49. The number of hydrogen-bond acceptors (Lipinski definition) is 3. The van der Waals surface area contributed by atoms with E-state index in [9.17, 15) is 0 Å². The standard InChI is InChI=1S/C13H26O3Si/c1-5-9-10-11-12-13-17(14-6-2,15-7-3)16-8-4/h10-13H,5-9H2,1-4H3. The van der Waals surface area contributed by atoms with Gasteiger partial charge >= 0.3 is 8.80 Å². The van der Waals surface area contributed by atoms with Crippen LogP contribution in [0.25, 0.3) is 0 Å². The van der Waals surface area contributed by atoms with E-state index in [2.05, 4.69) is 13.0 Å². The minimum Gasteiger partial charge on any atom is -0.371 e. The first kappa shape index (κ1) is 16.6. The van der Waals surface area contributed by atoms with Gasteiger partial charge < -0.3 is 13.3 Å². The summed E-state index contributed by atoms with van der Waals surface area (Å²) < 4.78 is 17.1. The molecule has 0 aliphatic carbocycles. The summed E-state index contributed by atoms with van der Waals surface area (Å²) in [6.07, 6.45) is 8.40. The van der Waals surface area contributed by atoms with Crippen LogP contribution in [0.3, 0.4) is 0 Å². The van der Waals surface area contributed by atoms with Gasteiger partial charge in [0, 0.05) is 19.8 Å². The smallest absolute Gasteiger partial charge is 0.371 e. The lowest BCUT2D eigenvalue weighted by Gasteiger charge is -2.25. The van der Waals surface area contributed by atoms with Gasteiger partial charge in [-0.25, -0.2) is 0 Å². The van der Waals surface area contributed by atoms with Crippen LogP contribution < -0.4 is 0 Å². The van der Waals surface area contributed by atoms with E-state index in [4.69, 9.17) is 13.3 Å². The number of rotatable bonds is 10. The zero-order valence-corrected chi connectivity index (χ0v) is 12.6. The monoisotopic (exact) mass is 258 g/mol. The second kappa shape index (κ2) is 10.7. The first-order chi connectivity index (χ1) is 8.24. The van der Waals surface area contributed by atoms with Crippen molar-refractivity contribution >= 4 is 8.80 Å². The van der Waals surface area contributed by atoms with Gasteiger partial charge in [-0.2, -0.15) is 0 Å². The molecule has 0 bridgehead atoms. The molecule has 0 aromatic rings. The largest absolute Gasteiger partial charge is 0.529 e. The Morgan fingerprint density at radius 2 is 1.35 bits per heavy atom. The van der Waals surface area contributed by atoms with Crippen LogP contribution >= 0.6 is 0 Å². The third kappa shape index (κ3) is 7.49. The van der Waals surface area contributed by atoms with Crippen molar-refractivity contribution in [3.05, 3.63) is 23.9 Å². The first-order valence-corrected chi connectivity index (χ1v) is 8.31. The van der Waals surface area contributed by atoms with Crippen molar-refractivity contribution in [3.63, 3.8) is 0 Å². The van der Waals surface area contributed by atoms with E-state index in [-0.39, 0.29) is 0 Å². The lowest BCUT2D eigenvalue weighted by molar-refractivity contribution is 0.0843. The topological polar surface area (TPSA) is 27.7 Å². The van der Waals surface area contributed by atoms with Gasteiger partial charge in [0.15, 0.2) is 0 Å². The zero-order chi connectivity index (χ0) is 13.0. The van der Waals surface area contributed by atoms with Crippen LogP contribution in [0.15, 0.2) is 23.9 Å². The summed E-state index contributed by atoms with van der Waals surface area (Å²) in [7, 11) is -2.59. The molecule has 0 atom stereocenters. The highest BCUT2D eigenvalue weighted by molar-refractivity contribution is 6.66. The Kier molecular flexibility index (Phi) is 10.4. The van der Waals surface area contributed by atoms with Crippen molar-refractivity contribution in [2.75, 3.05) is 19.8 Å². The van der Waals surface area contributed by atoms with E-state index in [0.717, 1.165) is 12.8 Å². The SMILES string of the molecule is CCCC=CC=C[Si](OCC)(OCC)OCC. The average Bonchev–Trinajstić information content (AvgIpc) is 2.30. The van der Waals surface area contributed by atoms with Crippen LogP contribution in [0.1, 0.15) is 40.5 Å². The molecule has 0 saturated heterocycles. The molecule has 0 aromatic carbocycles. The Morgan fingerprint density at radius 3 is 1.76 bits per heavy atom. The summed E-state index contributed by atoms with van der Waals surface area (Å²) in [5.74, 6) is 0. The fraction of sp³-hybridized carbons (Fsp3) is 0.692. The van der Waals surface area contributed by atoms with Gasteiger partial charge in [0.1, 0.15) is 0 Å². The number of unbranched alkanes of at least 4 members (excludes halogenated alkanes) is 1. The van der Waals surface area contributed by atoms with E-state index < -0.39 is 8.80 Å². The zero-order valence-electron chi connectivity index (χ0n) is 11.6. The molecule has 0 spiro atoms. The molecule has 0 amide bonds. The van der Waals surface area contributed by atoms with Crippen molar-refractivity contribution in [2.24, 2.45) is 0 Å². The minimum atomic E-state index is -2.59. The van der Waals surface area contributed by atoms with Crippen LogP contribution in [0.4, 0.5) is 0 Å². The van der Waals surface area contributed by atoms with Crippen LogP contribution in [0.2, 0.25) is 0 Å². The maximum atomic E-state index is 5.69. The highest BCUT2D eigenvalue weighted by Gasteiger charge is 2.37. The molecular formula is C13H26O3Si. The quantitative estimate of drug-likeness (QED) is 0.443. The number of hydrogen-bond donors (Lipinski definition) is 0. The molecule has 0 aliphatic heterocycles. The van der Waals surface area contributed by atoms with Gasteiger partial charge in [-0.3, -0.25) is 0 Å². The second-order valence-electron chi connectivity index (χ2n) is 3.48. The summed E-state index contributed by atoms with van der Waals surface area (Å²) in [6, 6.07) is 0. The Morgan fingerprint density at radius 1 is 0.824 bits per heavy atom. The molecule has 17 heavy (non-hydrogen) atoms. The first-order valence-electron chi connectivity index (χ1n) is 6.50. The van der Waals surface area contributed by atoms with E-state index in [1.165, 1.54) is 0 Å². The summed E-state index contributed by atoms with van der Waals surface area (Å²) in [4.78, 5) is 0. The van der Waals surface area contributed by atoms with Crippen molar-refractivity contribution in [1.82, 2.24) is 0 Å². The molecule has 4 heteroatoms. The van der Waals surface area contributed by atoms with E-state index >= 15 is 0 Å². The molecule has 100 valence electrons. The number of allylic oxidation sites excluding steroid dienone is 3. The fourth-order valence-electron chi connectivity index (χ4n) is 1.39. The Balaban J connectivity index is 4.51. The third-order valence-electron chi connectivity index (χ3n) is 2.04. The van der Waals surface area contributed by atoms with Gasteiger partial charge in [0.2, 0.25) is 0 Å². The molecule has 0 rings (SSSR count). The maximum Gasteiger partial charge on any atom is 0.529 e. The Hall–Kier alpha value is -0.423. The van der Waals surface area contributed by atoms with Crippen molar-refractivity contribution < 1.29 is 13.3 Å². The molecule has 0 radical (unpaired) electrons. The van der Waals surface area contributed by atoms with E-state index in [1.54, 1.807) is 0 Å². The molecule has 0 N–H and O–H groups in total. The normalized spacial score (nSPS) is 12.9. The fourth-order valence-corrected chi connectivity index (χ4v) is 3.48. The van der Waals surface area contributed by atoms with E-state index in [1.807, 2.05) is 38.6 Å². The van der Waals surface area contributed by atoms with Crippen molar-refractivity contribution in [2.45, 2.75) is 40.5 Å². The summed E-state index contributed by atoms with van der Waals surface area (Å²) in [5.41, 5.74) is 1.95. The highest BCUT2D eigenvalue weighted by atomic mass is 28.4. The summed E-state index contributed by atoms with van der Waals surface area (Å²) >= 11 is 0. The molecule has 0 unspecified atom stereocenters. The summed E-state index contributed by atoms with van der Waals surface area (Å²) in [5, 5.41) is 0. The lowest BCUT2D eigenvalue weighted by Crippen LogP contribution is -2.44. The van der Waals surface area contributed by atoms with Gasteiger partial charge in [-0.1, -0.05) is 31.6 Å². The van der Waals surface area contributed by atoms with Crippen LogP contribution in [-0.4, -0.2) is 28.6 Å².